The maximum Gasteiger partial charge on any atom is 0.311 e. The molecular formula is C13H17N3O5. The maximum atomic E-state index is 11.5. The molecule has 0 atom stereocenters. The molecule has 2 rings (SSSR count). The smallest absolute Gasteiger partial charge is 0.311 e. The number of aliphatic carboxylic acids is 1. The van der Waals surface area contributed by atoms with Gasteiger partial charge >= 0.3 is 5.97 Å². The number of anilines is 1. The van der Waals surface area contributed by atoms with Crippen molar-refractivity contribution >= 4 is 17.5 Å². The summed E-state index contributed by atoms with van der Waals surface area (Å²) in [4.78, 5) is 26.0. The van der Waals surface area contributed by atoms with Gasteiger partial charge in [0.15, 0.2) is 0 Å². The van der Waals surface area contributed by atoms with Crippen molar-refractivity contribution in [2.45, 2.75) is 19.8 Å². The predicted molar refractivity (Wildman–Crippen MR) is 74.2 cm³/mol. The van der Waals surface area contributed by atoms with Gasteiger partial charge in [-0.25, -0.2) is 4.98 Å². The number of nitro groups is 1. The first kappa shape index (κ1) is 15.2. The second-order valence-corrected chi connectivity index (χ2v) is 5.16. The van der Waals surface area contributed by atoms with Crippen LogP contribution in [0.1, 0.15) is 18.4 Å². The van der Waals surface area contributed by atoms with Crippen LogP contribution in [-0.4, -0.2) is 40.7 Å². The predicted octanol–water partition coefficient (Wildman–Crippen LogP) is 1.59. The molecule has 8 nitrogen and oxygen atoms in total. The summed E-state index contributed by atoms with van der Waals surface area (Å²) in [6, 6.07) is 1.32. The van der Waals surface area contributed by atoms with Crippen molar-refractivity contribution in [3.05, 3.63) is 27.9 Å². The van der Waals surface area contributed by atoms with E-state index < -0.39 is 16.3 Å². The third-order valence-electron chi connectivity index (χ3n) is 3.78. The molecule has 0 unspecified atom stereocenters. The molecule has 2 N–H and O–H groups in total. The Morgan fingerprint density at radius 2 is 2.24 bits per heavy atom. The van der Waals surface area contributed by atoms with Crippen LogP contribution in [0.2, 0.25) is 0 Å². The van der Waals surface area contributed by atoms with Gasteiger partial charge in [0, 0.05) is 31.5 Å². The van der Waals surface area contributed by atoms with Crippen LogP contribution in [0.5, 0.6) is 0 Å². The molecule has 0 amide bonds. The lowest BCUT2D eigenvalue weighted by Gasteiger charge is -2.33. The highest BCUT2D eigenvalue weighted by Gasteiger charge is 2.40. The van der Waals surface area contributed by atoms with Gasteiger partial charge in [0.1, 0.15) is 5.82 Å². The number of aromatic nitrogens is 1. The van der Waals surface area contributed by atoms with E-state index in [2.05, 4.69) is 10.3 Å². The normalized spacial score (nSPS) is 17.2. The molecule has 0 spiro atoms. The number of pyridine rings is 1. The number of hydrogen-bond donors (Lipinski definition) is 2. The van der Waals surface area contributed by atoms with Crippen molar-refractivity contribution in [1.29, 1.82) is 0 Å². The molecule has 1 saturated heterocycles. The summed E-state index contributed by atoms with van der Waals surface area (Å²) in [5.41, 5.74) is -0.493. The molecule has 0 aromatic carbocycles. The second-order valence-electron chi connectivity index (χ2n) is 5.16. The van der Waals surface area contributed by atoms with Gasteiger partial charge in [0.2, 0.25) is 0 Å². The topological polar surface area (TPSA) is 115 Å². The number of nitrogens with one attached hydrogen (secondary N) is 1. The summed E-state index contributed by atoms with van der Waals surface area (Å²) < 4.78 is 5.20. The highest BCUT2D eigenvalue weighted by molar-refractivity contribution is 5.75. The van der Waals surface area contributed by atoms with Crippen molar-refractivity contribution in [3.8, 4) is 0 Å². The van der Waals surface area contributed by atoms with Crippen LogP contribution in [0.15, 0.2) is 12.3 Å². The molecule has 1 aromatic heterocycles. The highest BCUT2D eigenvalue weighted by Crippen LogP contribution is 2.31. The summed E-state index contributed by atoms with van der Waals surface area (Å²) in [6.45, 7) is 2.57. The average molecular weight is 295 g/mol. The first-order chi connectivity index (χ1) is 9.94. The molecule has 1 aliphatic rings. The van der Waals surface area contributed by atoms with E-state index in [-0.39, 0.29) is 12.2 Å². The number of hydrogen-bond acceptors (Lipinski definition) is 6. The van der Waals surface area contributed by atoms with E-state index >= 15 is 0 Å². The minimum Gasteiger partial charge on any atom is -0.481 e. The number of nitrogens with zero attached hydrogens (tertiary/aromatic N) is 2. The average Bonchev–Trinajstić information content (AvgIpc) is 2.47. The molecular weight excluding hydrogens is 278 g/mol. The van der Waals surface area contributed by atoms with Crippen LogP contribution < -0.4 is 5.32 Å². The van der Waals surface area contributed by atoms with Crippen LogP contribution in [-0.2, 0) is 9.53 Å². The van der Waals surface area contributed by atoms with E-state index in [1.54, 1.807) is 6.92 Å². The molecule has 1 aliphatic heterocycles. The fraction of sp³-hybridized carbons (Fsp3) is 0.538. The first-order valence-electron chi connectivity index (χ1n) is 6.61. The SMILES string of the molecule is Cc1cnc(NCC2(C(=O)O)CCOCC2)cc1[N+](=O)[O-]. The van der Waals surface area contributed by atoms with Crippen molar-refractivity contribution in [3.63, 3.8) is 0 Å². The number of carboxylic acid groups (broad SMARTS) is 1. The molecule has 21 heavy (non-hydrogen) atoms. The lowest BCUT2D eigenvalue weighted by Crippen LogP contribution is -2.42. The molecule has 1 fully saturated rings. The Balaban J connectivity index is 2.12. The molecule has 0 radical (unpaired) electrons. The first-order valence-corrected chi connectivity index (χ1v) is 6.61. The molecule has 0 aliphatic carbocycles. The van der Waals surface area contributed by atoms with Crippen molar-refractivity contribution < 1.29 is 19.6 Å². The number of ether oxygens (including phenoxy) is 1. The number of aryl methyl sites for hydroxylation is 1. The van der Waals surface area contributed by atoms with E-state index in [1.807, 2.05) is 0 Å². The van der Waals surface area contributed by atoms with Crippen LogP contribution in [0.3, 0.4) is 0 Å². The summed E-state index contributed by atoms with van der Waals surface area (Å²) in [6.07, 6.45) is 2.21. The van der Waals surface area contributed by atoms with Crippen molar-refractivity contribution in [1.82, 2.24) is 4.98 Å². The lowest BCUT2D eigenvalue weighted by atomic mass is 9.80. The number of carboxylic acids is 1. The third kappa shape index (κ3) is 3.27. The van der Waals surface area contributed by atoms with Crippen LogP contribution in [0.25, 0.3) is 0 Å². The molecule has 1 aromatic rings. The minimum absolute atomic E-state index is 0.0381. The van der Waals surface area contributed by atoms with Gasteiger partial charge in [-0.3, -0.25) is 14.9 Å². The molecule has 2 heterocycles. The molecule has 0 saturated carbocycles. The summed E-state index contributed by atoms with van der Waals surface area (Å²) >= 11 is 0. The standard InChI is InChI=1S/C13H17N3O5/c1-9-7-14-11(6-10(9)16(19)20)15-8-13(12(17)18)2-4-21-5-3-13/h6-7H,2-5,8H2,1H3,(H,14,15)(H,17,18). The second kappa shape index (κ2) is 6.04. The van der Waals surface area contributed by atoms with Gasteiger partial charge < -0.3 is 15.2 Å². The third-order valence-corrected chi connectivity index (χ3v) is 3.78. The largest absolute Gasteiger partial charge is 0.481 e. The highest BCUT2D eigenvalue weighted by atomic mass is 16.6. The Morgan fingerprint density at radius 1 is 1.57 bits per heavy atom. The molecule has 8 heteroatoms. The van der Waals surface area contributed by atoms with Crippen LogP contribution >= 0.6 is 0 Å². The Morgan fingerprint density at radius 3 is 2.81 bits per heavy atom. The fourth-order valence-electron chi connectivity index (χ4n) is 2.29. The van der Waals surface area contributed by atoms with Crippen LogP contribution in [0, 0.1) is 22.5 Å². The minimum atomic E-state index is -0.917. The number of rotatable bonds is 5. The Bertz CT molecular complexity index is 555. The summed E-state index contributed by atoms with van der Waals surface area (Å²) in [5, 5.41) is 23.2. The van der Waals surface area contributed by atoms with Gasteiger partial charge in [0.25, 0.3) is 5.69 Å². The van der Waals surface area contributed by atoms with Gasteiger partial charge in [0.05, 0.1) is 16.4 Å². The summed E-state index contributed by atoms with van der Waals surface area (Å²) in [7, 11) is 0. The van der Waals surface area contributed by atoms with E-state index in [1.165, 1.54) is 12.3 Å². The summed E-state index contributed by atoms with van der Waals surface area (Å²) in [5.74, 6) is -0.584. The lowest BCUT2D eigenvalue weighted by molar-refractivity contribution is -0.385. The molecule has 114 valence electrons. The zero-order valence-electron chi connectivity index (χ0n) is 11.7. The van der Waals surface area contributed by atoms with Crippen LogP contribution in [0.4, 0.5) is 11.5 Å². The quantitative estimate of drug-likeness (QED) is 0.626. The van der Waals surface area contributed by atoms with Crippen molar-refractivity contribution in [2.75, 3.05) is 25.1 Å². The Kier molecular flexibility index (Phi) is 4.37. The zero-order chi connectivity index (χ0) is 15.5. The zero-order valence-corrected chi connectivity index (χ0v) is 11.7. The van der Waals surface area contributed by atoms with E-state index in [9.17, 15) is 20.0 Å². The Hall–Kier alpha value is -2.22. The maximum absolute atomic E-state index is 11.5. The van der Waals surface area contributed by atoms with Gasteiger partial charge in [-0.05, 0) is 19.8 Å². The van der Waals surface area contributed by atoms with Gasteiger partial charge in [-0.15, -0.1) is 0 Å². The monoisotopic (exact) mass is 295 g/mol. The fourth-order valence-corrected chi connectivity index (χ4v) is 2.29. The van der Waals surface area contributed by atoms with Gasteiger partial charge in [-0.2, -0.15) is 0 Å². The van der Waals surface area contributed by atoms with Gasteiger partial charge in [-0.1, -0.05) is 0 Å². The van der Waals surface area contributed by atoms with E-state index in [0.717, 1.165) is 0 Å². The van der Waals surface area contributed by atoms with Crippen molar-refractivity contribution in [2.24, 2.45) is 5.41 Å². The number of carbonyl (C=O) groups is 1. The van der Waals surface area contributed by atoms with E-state index in [0.29, 0.717) is 37.4 Å². The molecule has 0 bridgehead atoms. The Labute approximate surface area is 121 Å². The van der Waals surface area contributed by atoms with E-state index in [4.69, 9.17) is 4.74 Å².